The van der Waals surface area contributed by atoms with Crippen LogP contribution in [0.25, 0.3) is 0 Å². The second-order valence-electron chi connectivity index (χ2n) is 4.78. The van der Waals surface area contributed by atoms with Gasteiger partial charge >= 0.3 is 0 Å². The van der Waals surface area contributed by atoms with E-state index in [2.05, 4.69) is 5.32 Å². The predicted octanol–water partition coefficient (Wildman–Crippen LogP) is 1.45. The van der Waals surface area contributed by atoms with E-state index in [1.807, 2.05) is 32.2 Å². The number of nitrogens with one attached hydrogen (secondary N) is 1. The van der Waals surface area contributed by atoms with Crippen LogP contribution in [0.15, 0.2) is 18.2 Å². The number of carbonyl (C=O) groups excluding carboxylic acids is 1. The average molecular weight is 301 g/mol. The summed E-state index contributed by atoms with van der Waals surface area (Å²) in [5.74, 6) is 1.67. The summed E-state index contributed by atoms with van der Waals surface area (Å²) in [4.78, 5) is 13.5. The topological polar surface area (TPSA) is 50.8 Å². The molecule has 112 valence electrons. The third-order valence-corrected chi connectivity index (χ3v) is 3.35. The number of fused-ring (bicyclic) bond motifs is 1. The van der Waals surface area contributed by atoms with Gasteiger partial charge in [-0.3, -0.25) is 4.79 Å². The molecule has 0 bridgehead atoms. The molecule has 0 saturated heterocycles. The number of halogens is 1. The third-order valence-electron chi connectivity index (χ3n) is 3.35. The number of likely N-dealkylation sites (N-methyl/N-ethyl adjacent to an activating group) is 2. The SMILES string of the molecule is CNCC(=O)N(C)C(C)Cc1ccc2c(c1)OCO2.Cl. The molecule has 5 nitrogen and oxygen atoms in total. The zero-order chi connectivity index (χ0) is 13.8. The van der Waals surface area contributed by atoms with Gasteiger partial charge in [0.25, 0.3) is 0 Å². The Morgan fingerprint density at radius 1 is 1.40 bits per heavy atom. The molecule has 6 heteroatoms. The van der Waals surface area contributed by atoms with E-state index in [1.54, 1.807) is 11.9 Å². The molecule has 0 radical (unpaired) electrons. The lowest BCUT2D eigenvalue weighted by atomic mass is 10.1. The van der Waals surface area contributed by atoms with Crippen molar-refractivity contribution in [3.63, 3.8) is 0 Å². The number of rotatable bonds is 5. The molecule has 0 fully saturated rings. The van der Waals surface area contributed by atoms with Crippen LogP contribution >= 0.6 is 12.4 Å². The lowest BCUT2D eigenvalue weighted by Gasteiger charge is -2.25. The van der Waals surface area contributed by atoms with Crippen LogP contribution in [-0.2, 0) is 11.2 Å². The molecular formula is C14H21ClN2O3. The first kappa shape index (κ1) is 16.6. The highest BCUT2D eigenvalue weighted by Crippen LogP contribution is 2.32. The molecule has 0 saturated carbocycles. The molecular weight excluding hydrogens is 280 g/mol. The van der Waals surface area contributed by atoms with Crippen LogP contribution in [-0.4, -0.2) is 44.3 Å². The molecule has 1 aliphatic rings. The Hall–Kier alpha value is -1.46. The van der Waals surface area contributed by atoms with Crippen LogP contribution in [0.4, 0.5) is 0 Å². The van der Waals surface area contributed by atoms with Crippen molar-refractivity contribution in [2.24, 2.45) is 0 Å². The van der Waals surface area contributed by atoms with Crippen molar-refractivity contribution < 1.29 is 14.3 Å². The number of ether oxygens (including phenoxy) is 2. The van der Waals surface area contributed by atoms with Crippen molar-refractivity contribution in [2.45, 2.75) is 19.4 Å². The van der Waals surface area contributed by atoms with Crippen molar-refractivity contribution >= 4 is 18.3 Å². The van der Waals surface area contributed by atoms with Gasteiger partial charge in [0, 0.05) is 13.1 Å². The van der Waals surface area contributed by atoms with Gasteiger partial charge in [-0.05, 0) is 38.1 Å². The maximum Gasteiger partial charge on any atom is 0.236 e. The van der Waals surface area contributed by atoms with Gasteiger partial charge in [0.2, 0.25) is 12.7 Å². The summed E-state index contributed by atoms with van der Waals surface area (Å²) >= 11 is 0. The van der Waals surface area contributed by atoms with Gasteiger partial charge in [-0.1, -0.05) is 6.07 Å². The molecule has 0 aliphatic carbocycles. The fraction of sp³-hybridized carbons (Fsp3) is 0.500. The number of carbonyl (C=O) groups is 1. The quantitative estimate of drug-likeness (QED) is 0.894. The van der Waals surface area contributed by atoms with Crippen molar-refractivity contribution in [3.8, 4) is 11.5 Å². The fourth-order valence-corrected chi connectivity index (χ4v) is 2.07. The second kappa shape index (κ2) is 7.36. The lowest BCUT2D eigenvalue weighted by molar-refractivity contribution is -0.130. The first-order valence-corrected chi connectivity index (χ1v) is 6.40. The first-order chi connectivity index (χ1) is 9.11. The molecule has 1 aliphatic heterocycles. The smallest absolute Gasteiger partial charge is 0.236 e. The Kier molecular flexibility index (Phi) is 6.10. The van der Waals surface area contributed by atoms with Crippen LogP contribution in [0.3, 0.4) is 0 Å². The number of amides is 1. The summed E-state index contributed by atoms with van der Waals surface area (Å²) in [5, 5.41) is 2.87. The molecule has 1 aromatic rings. The number of benzene rings is 1. The summed E-state index contributed by atoms with van der Waals surface area (Å²) in [7, 11) is 3.60. The Bertz CT molecular complexity index is 468. The van der Waals surface area contributed by atoms with Crippen LogP contribution in [0, 0.1) is 0 Å². The van der Waals surface area contributed by atoms with E-state index in [4.69, 9.17) is 9.47 Å². The minimum Gasteiger partial charge on any atom is -0.454 e. The lowest BCUT2D eigenvalue weighted by Crippen LogP contribution is -2.40. The van der Waals surface area contributed by atoms with Gasteiger partial charge in [0.1, 0.15) is 0 Å². The van der Waals surface area contributed by atoms with Crippen LogP contribution in [0.2, 0.25) is 0 Å². The molecule has 2 rings (SSSR count). The largest absolute Gasteiger partial charge is 0.454 e. The summed E-state index contributed by atoms with van der Waals surface area (Å²) in [6.45, 7) is 2.69. The molecule has 1 amide bonds. The number of nitrogens with zero attached hydrogens (tertiary/aromatic N) is 1. The molecule has 1 unspecified atom stereocenters. The minimum atomic E-state index is 0. The van der Waals surface area contributed by atoms with E-state index in [9.17, 15) is 4.79 Å². The zero-order valence-electron chi connectivity index (χ0n) is 12.0. The second-order valence-corrected chi connectivity index (χ2v) is 4.78. The fourth-order valence-electron chi connectivity index (χ4n) is 2.07. The highest BCUT2D eigenvalue weighted by molar-refractivity contribution is 5.85. The molecule has 1 atom stereocenters. The van der Waals surface area contributed by atoms with E-state index in [0.29, 0.717) is 6.54 Å². The van der Waals surface area contributed by atoms with Crippen LogP contribution in [0.1, 0.15) is 12.5 Å². The molecule has 1 aromatic carbocycles. The Morgan fingerprint density at radius 2 is 2.10 bits per heavy atom. The highest BCUT2D eigenvalue weighted by atomic mass is 35.5. The zero-order valence-corrected chi connectivity index (χ0v) is 12.8. The Morgan fingerprint density at radius 3 is 2.80 bits per heavy atom. The monoisotopic (exact) mass is 300 g/mol. The normalized spacial score (nSPS) is 13.6. The summed E-state index contributed by atoms with van der Waals surface area (Å²) < 4.78 is 10.6. The summed E-state index contributed by atoms with van der Waals surface area (Å²) in [6, 6.07) is 6.05. The van der Waals surface area contributed by atoms with Crippen LogP contribution < -0.4 is 14.8 Å². The molecule has 1 heterocycles. The average Bonchev–Trinajstić information content (AvgIpc) is 2.85. The van der Waals surface area contributed by atoms with E-state index >= 15 is 0 Å². The van der Waals surface area contributed by atoms with Crippen molar-refractivity contribution in [1.82, 2.24) is 10.2 Å². The standard InChI is InChI=1S/C14H20N2O3.ClH/c1-10(16(3)14(17)8-15-2)6-11-4-5-12-13(7-11)19-9-18-12;/h4-5,7,10,15H,6,8-9H2,1-3H3;1H. The van der Waals surface area contributed by atoms with Gasteiger partial charge in [-0.15, -0.1) is 12.4 Å². The predicted molar refractivity (Wildman–Crippen MR) is 79.7 cm³/mol. The van der Waals surface area contributed by atoms with E-state index in [1.165, 1.54) is 0 Å². The molecule has 20 heavy (non-hydrogen) atoms. The number of hydrogen-bond acceptors (Lipinski definition) is 4. The van der Waals surface area contributed by atoms with Gasteiger partial charge in [-0.25, -0.2) is 0 Å². The molecule has 1 N–H and O–H groups in total. The van der Waals surface area contributed by atoms with Crippen LogP contribution in [0.5, 0.6) is 11.5 Å². The van der Waals surface area contributed by atoms with Gasteiger partial charge < -0.3 is 19.7 Å². The Balaban J connectivity index is 0.00000200. The third kappa shape index (κ3) is 3.77. The Labute approximate surface area is 125 Å². The maximum atomic E-state index is 11.8. The number of hydrogen-bond donors (Lipinski definition) is 1. The summed E-state index contributed by atoms with van der Waals surface area (Å²) in [6.07, 6.45) is 0.794. The van der Waals surface area contributed by atoms with Crippen molar-refractivity contribution in [2.75, 3.05) is 27.4 Å². The van der Waals surface area contributed by atoms with Crippen molar-refractivity contribution in [3.05, 3.63) is 23.8 Å². The van der Waals surface area contributed by atoms with E-state index in [-0.39, 0.29) is 31.1 Å². The maximum absolute atomic E-state index is 11.8. The van der Waals surface area contributed by atoms with E-state index < -0.39 is 0 Å². The first-order valence-electron chi connectivity index (χ1n) is 6.40. The molecule has 0 aromatic heterocycles. The minimum absolute atomic E-state index is 0. The highest BCUT2D eigenvalue weighted by Gasteiger charge is 2.18. The van der Waals surface area contributed by atoms with Crippen molar-refractivity contribution in [1.29, 1.82) is 0 Å². The van der Waals surface area contributed by atoms with Gasteiger partial charge in [-0.2, -0.15) is 0 Å². The summed E-state index contributed by atoms with van der Waals surface area (Å²) in [5.41, 5.74) is 1.14. The van der Waals surface area contributed by atoms with Gasteiger partial charge in [0.05, 0.1) is 6.54 Å². The molecule has 0 spiro atoms. The van der Waals surface area contributed by atoms with E-state index in [0.717, 1.165) is 23.5 Å². The van der Waals surface area contributed by atoms with Gasteiger partial charge in [0.15, 0.2) is 11.5 Å².